The number of carbonyl (C=O) groups excluding carboxylic acids is 2. The third-order valence-electron chi connectivity index (χ3n) is 5.99. The largest absolute Gasteiger partial charge is 0.497 e. The predicted octanol–water partition coefficient (Wildman–Crippen LogP) is 3.10. The first-order valence-corrected chi connectivity index (χ1v) is 11.6. The number of benzene rings is 2. The third kappa shape index (κ3) is 5.62. The van der Waals surface area contributed by atoms with Gasteiger partial charge in [-0.15, -0.1) is 0 Å². The van der Waals surface area contributed by atoms with E-state index in [1.165, 1.54) is 0 Å². The molecule has 1 aliphatic rings. The Morgan fingerprint density at radius 2 is 1.91 bits per heavy atom. The minimum atomic E-state index is -0.531. The molecule has 3 aromatic rings. The van der Waals surface area contributed by atoms with Gasteiger partial charge in [-0.05, 0) is 50.1 Å². The van der Waals surface area contributed by atoms with Crippen LogP contribution in [0.2, 0.25) is 0 Å². The molecule has 0 spiro atoms. The minimum Gasteiger partial charge on any atom is -0.497 e. The van der Waals surface area contributed by atoms with Gasteiger partial charge in [-0.3, -0.25) is 19.0 Å². The molecule has 0 radical (unpaired) electrons. The molecule has 1 amide bonds. The molecule has 0 bridgehead atoms. The summed E-state index contributed by atoms with van der Waals surface area (Å²) in [6, 6.07) is 12.3. The van der Waals surface area contributed by atoms with Gasteiger partial charge in [0.05, 0.1) is 37.6 Å². The van der Waals surface area contributed by atoms with Crippen LogP contribution in [0.25, 0.3) is 10.9 Å². The molecule has 1 unspecified atom stereocenters. The number of methoxy groups -OCH3 is 2. The van der Waals surface area contributed by atoms with Crippen LogP contribution in [0.1, 0.15) is 49.7 Å². The summed E-state index contributed by atoms with van der Waals surface area (Å²) in [5, 5.41) is 3.38. The van der Waals surface area contributed by atoms with Crippen LogP contribution < -0.4 is 20.3 Å². The number of aryl methyl sites for hydroxylation is 1. The molecule has 35 heavy (non-hydrogen) atoms. The summed E-state index contributed by atoms with van der Waals surface area (Å²) in [4.78, 5) is 42.3. The highest BCUT2D eigenvalue weighted by Crippen LogP contribution is 2.35. The number of hydrogen-bond donors (Lipinski definition) is 1. The number of aromatic nitrogens is 2. The van der Waals surface area contributed by atoms with E-state index in [4.69, 9.17) is 14.2 Å². The van der Waals surface area contributed by atoms with Crippen LogP contribution in [-0.2, 0) is 20.7 Å². The number of rotatable bonds is 10. The van der Waals surface area contributed by atoms with E-state index in [0.717, 1.165) is 18.4 Å². The van der Waals surface area contributed by atoms with Crippen LogP contribution in [0.4, 0.5) is 0 Å². The number of carbonyl (C=O) groups is 2. The first kappa shape index (κ1) is 24.3. The van der Waals surface area contributed by atoms with Crippen LogP contribution in [-0.4, -0.2) is 42.3 Å². The Bertz CT molecular complexity index is 1300. The smallest absolute Gasteiger partial charge is 0.306 e. The maximum atomic E-state index is 12.9. The van der Waals surface area contributed by atoms with Crippen molar-refractivity contribution in [1.82, 2.24) is 14.9 Å². The van der Waals surface area contributed by atoms with E-state index in [0.29, 0.717) is 28.2 Å². The lowest BCUT2D eigenvalue weighted by Gasteiger charge is -2.18. The predicted molar refractivity (Wildman–Crippen MR) is 130 cm³/mol. The Morgan fingerprint density at radius 3 is 2.63 bits per heavy atom. The van der Waals surface area contributed by atoms with Gasteiger partial charge >= 0.3 is 5.97 Å². The van der Waals surface area contributed by atoms with Gasteiger partial charge in [0.25, 0.3) is 11.5 Å². The molecule has 1 N–H and O–H groups in total. The third-order valence-corrected chi connectivity index (χ3v) is 5.99. The summed E-state index contributed by atoms with van der Waals surface area (Å²) in [6.07, 6.45) is 2.13. The van der Waals surface area contributed by atoms with Crippen molar-refractivity contribution in [3.8, 4) is 11.5 Å². The number of nitrogens with zero attached hydrogens (tertiary/aromatic N) is 2. The summed E-state index contributed by atoms with van der Waals surface area (Å²) in [6.45, 7) is 1.40. The van der Waals surface area contributed by atoms with E-state index in [9.17, 15) is 14.4 Å². The Hall–Kier alpha value is -3.88. The lowest BCUT2D eigenvalue weighted by Crippen LogP contribution is -2.31. The highest BCUT2D eigenvalue weighted by Gasteiger charge is 2.28. The van der Waals surface area contributed by atoms with Crippen LogP contribution in [0, 0.1) is 0 Å². The molecule has 2 aromatic carbocycles. The van der Waals surface area contributed by atoms with Crippen molar-refractivity contribution in [3.05, 3.63) is 64.2 Å². The van der Waals surface area contributed by atoms with Gasteiger partial charge in [0.15, 0.2) is 6.61 Å². The maximum absolute atomic E-state index is 12.9. The molecule has 1 saturated carbocycles. The lowest BCUT2D eigenvalue weighted by atomic mass is 10.1. The Balaban J connectivity index is 1.34. The number of esters is 1. The first-order chi connectivity index (χ1) is 16.9. The van der Waals surface area contributed by atoms with Crippen molar-refractivity contribution in [2.45, 2.75) is 44.7 Å². The van der Waals surface area contributed by atoms with E-state index >= 15 is 0 Å². The highest BCUT2D eigenvalue weighted by molar-refractivity contribution is 5.81. The molecule has 9 heteroatoms. The minimum absolute atomic E-state index is 0.0179. The standard InChI is InChI=1S/C26H29N3O6/c1-16(20-14-18(33-2)10-11-22(20)34-3)27-24(30)15-35-25(31)13-12-23-28-21-7-5-4-6-19(21)26(32)29(23)17-8-9-17/h4-7,10-11,14,16-17H,8-9,12-13,15H2,1-3H3,(H,27,30). The normalized spacial score (nSPS) is 13.8. The molecule has 1 heterocycles. The van der Waals surface area contributed by atoms with E-state index in [1.54, 1.807) is 56.0 Å². The van der Waals surface area contributed by atoms with Gasteiger partial charge in [0, 0.05) is 18.0 Å². The van der Waals surface area contributed by atoms with Crippen molar-refractivity contribution in [2.75, 3.05) is 20.8 Å². The van der Waals surface area contributed by atoms with E-state index in [-0.39, 0.29) is 30.5 Å². The van der Waals surface area contributed by atoms with E-state index in [2.05, 4.69) is 10.3 Å². The molecule has 1 fully saturated rings. The van der Waals surface area contributed by atoms with Gasteiger partial charge in [-0.1, -0.05) is 12.1 Å². The molecule has 184 valence electrons. The molecular formula is C26H29N3O6. The molecule has 1 aliphatic carbocycles. The summed E-state index contributed by atoms with van der Waals surface area (Å²) in [5.41, 5.74) is 1.27. The van der Waals surface area contributed by atoms with Crippen LogP contribution >= 0.6 is 0 Å². The number of amides is 1. The Kier molecular flexibility index (Phi) is 7.33. The summed E-state index contributed by atoms with van der Waals surface area (Å²) in [7, 11) is 3.11. The second-order valence-corrected chi connectivity index (χ2v) is 8.51. The van der Waals surface area contributed by atoms with Crippen LogP contribution in [0.15, 0.2) is 47.3 Å². The van der Waals surface area contributed by atoms with Crippen molar-refractivity contribution in [1.29, 1.82) is 0 Å². The van der Waals surface area contributed by atoms with Crippen molar-refractivity contribution < 1.29 is 23.8 Å². The number of hydrogen-bond acceptors (Lipinski definition) is 7. The van der Waals surface area contributed by atoms with Crippen molar-refractivity contribution in [3.63, 3.8) is 0 Å². The molecule has 0 saturated heterocycles. The van der Waals surface area contributed by atoms with Gasteiger partial charge < -0.3 is 19.5 Å². The molecule has 4 rings (SSSR count). The van der Waals surface area contributed by atoms with Gasteiger partial charge in [-0.2, -0.15) is 0 Å². The maximum Gasteiger partial charge on any atom is 0.306 e. The lowest BCUT2D eigenvalue weighted by molar-refractivity contribution is -0.148. The van der Waals surface area contributed by atoms with E-state index < -0.39 is 18.5 Å². The monoisotopic (exact) mass is 479 g/mol. The van der Waals surface area contributed by atoms with Gasteiger partial charge in [-0.25, -0.2) is 4.98 Å². The number of fused-ring (bicyclic) bond motifs is 1. The van der Waals surface area contributed by atoms with Crippen LogP contribution in [0.5, 0.6) is 11.5 Å². The molecule has 9 nitrogen and oxygen atoms in total. The fourth-order valence-electron chi connectivity index (χ4n) is 4.05. The SMILES string of the molecule is COc1ccc(OC)c(C(C)NC(=O)COC(=O)CCc2nc3ccccc3c(=O)n2C2CC2)c1. The Labute approximate surface area is 203 Å². The summed E-state index contributed by atoms with van der Waals surface area (Å²) >= 11 is 0. The zero-order chi connectivity index (χ0) is 24.9. The Morgan fingerprint density at radius 1 is 1.14 bits per heavy atom. The quantitative estimate of drug-likeness (QED) is 0.445. The molecule has 0 aliphatic heterocycles. The molecule has 1 aromatic heterocycles. The van der Waals surface area contributed by atoms with E-state index in [1.807, 2.05) is 12.1 Å². The zero-order valence-electron chi connectivity index (χ0n) is 20.1. The number of para-hydroxylation sites is 1. The van der Waals surface area contributed by atoms with Gasteiger partial charge in [0.2, 0.25) is 0 Å². The molecule has 1 atom stereocenters. The zero-order valence-corrected chi connectivity index (χ0v) is 20.1. The van der Waals surface area contributed by atoms with Crippen molar-refractivity contribution >= 4 is 22.8 Å². The summed E-state index contributed by atoms with van der Waals surface area (Å²) in [5.74, 6) is 0.850. The second-order valence-electron chi connectivity index (χ2n) is 8.51. The average Bonchev–Trinajstić information content (AvgIpc) is 3.71. The van der Waals surface area contributed by atoms with Crippen LogP contribution in [0.3, 0.4) is 0 Å². The fraction of sp³-hybridized carbons (Fsp3) is 0.385. The highest BCUT2D eigenvalue weighted by atomic mass is 16.5. The topological polar surface area (TPSA) is 109 Å². The number of ether oxygens (including phenoxy) is 3. The average molecular weight is 480 g/mol. The molecular weight excluding hydrogens is 450 g/mol. The number of nitrogens with one attached hydrogen (secondary N) is 1. The second kappa shape index (κ2) is 10.6. The first-order valence-electron chi connectivity index (χ1n) is 11.6. The van der Waals surface area contributed by atoms with Gasteiger partial charge in [0.1, 0.15) is 17.3 Å². The fourth-order valence-corrected chi connectivity index (χ4v) is 4.05. The summed E-state index contributed by atoms with van der Waals surface area (Å²) < 4.78 is 17.5. The van der Waals surface area contributed by atoms with Crippen molar-refractivity contribution in [2.24, 2.45) is 0 Å².